The molecule has 164 valence electrons. The summed E-state index contributed by atoms with van der Waals surface area (Å²) in [5.74, 6) is 2.82. The zero-order valence-corrected chi connectivity index (χ0v) is 18.4. The molecule has 0 atom stereocenters. The van der Waals surface area contributed by atoms with Crippen LogP contribution in [0.15, 0.2) is 30.3 Å². The highest BCUT2D eigenvalue weighted by molar-refractivity contribution is 5.93. The van der Waals surface area contributed by atoms with Gasteiger partial charge in [0.05, 0.1) is 32.4 Å². The number of aryl methyl sites for hydroxylation is 3. The van der Waals surface area contributed by atoms with Crippen LogP contribution in [-0.4, -0.2) is 36.8 Å². The molecule has 2 heterocycles. The van der Waals surface area contributed by atoms with Crippen molar-refractivity contribution in [1.82, 2.24) is 9.55 Å². The third-order valence-electron chi connectivity index (χ3n) is 5.76. The van der Waals surface area contributed by atoms with Crippen LogP contribution in [0.1, 0.15) is 37.1 Å². The summed E-state index contributed by atoms with van der Waals surface area (Å²) >= 11 is 0. The summed E-state index contributed by atoms with van der Waals surface area (Å²) in [7, 11) is 4.74. The predicted molar refractivity (Wildman–Crippen MR) is 120 cm³/mol. The van der Waals surface area contributed by atoms with Gasteiger partial charge in [-0.2, -0.15) is 0 Å². The molecule has 0 bridgehead atoms. The highest BCUT2D eigenvalue weighted by Gasteiger charge is 2.16. The summed E-state index contributed by atoms with van der Waals surface area (Å²) in [6.45, 7) is 1.02. The fraction of sp³-hybridized carbons (Fsp3) is 0.417. The van der Waals surface area contributed by atoms with Crippen molar-refractivity contribution in [2.24, 2.45) is 0 Å². The second-order valence-electron chi connectivity index (χ2n) is 7.78. The van der Waals surface area contributed by atoms with E-state index < -0.39 is 0 Å². The molecule has 0 radical (unpaired) electrons. The van der Waals surface area contributed by atoms with Crippen LogP contribution in [0.4, 0.5) is 5.69 Å². The third-order valence-corrected chi connectivity index (χ3v) is 5.76. The number of nitrogens with zero attached hydrogens (tertiary/aromatic N) is 2. The maximum absolute atomic E-state index is 12.6. The number of hydrogen-bond acceptors (Lipinski definition) is 5. The van der Waals surface area contributed by atoms with Gasteiger partial charge in [-0.15, -0.1) is 0 Å². The molecule has 1 aliphatic heterocycles. The van der Waals surface area contributed by atoms with Crippen molar-refractivity contribution in [3.05, 3.63) is 41.7 Å². The summed E-state index contributed by atoms with van der Waals surface area (Å²) < 4.78 is 18.5. The zero-order chi connectivity index (χ0) is 21.8. The van der Waals surface area contributed by atoms with Crippen molar-refractivity contribution in [3.63, 3.8) is 0 Å². The lowest BCUT2D eigenvalue weighted by molar-refractivity contribution is -0.116. The zero-order valence-electron chi connectivity index (χ0n) is 18.4. The summed E-state index contributed by atoms with van der Waals surface area (Å²) in [6, 6.07) is 9.73. The first-order chi connectivity index (χ1) is 15.1. The number of nitrogens with one attached hydrogen (secondary N) is 1. The number of benzene rings is 2. The van der Waals surface area contributed by atoms with Crippen LogP contribution >= 0.6 is 0 Å². The van der Waals surface area contributed by atoms with Gasteiger partial charge in [-0.25, -0.2) is 4.98 Å². The second kappa shape index (κ2) is 9.29. The van der Waals surface area contributed by atoms with Crippen LogP contribution in [0, 0.1) is 0 Å². The number of amides is 1. The van der Waals surface area contributed by atoms with Crippen LogP contribution in [0.3, 0.4) is 0 Å². The van der Waals surface area contributed by atoms with Crippen LogP contribution in [0.5, 0.6) is 17.2 Å². The SMILES string of the molecule is COc1cc(CCC(=O)Nc2ccc3c(c2)nc2n3CCCCC2)cc(OC)c1OC. The molecule has 0 unspecified atom stereocenters. The quantitative estimate of drug-likeness (QED) is 0.611. The fourth-order valence-corrected chi connectivity index (χ4v) is 4.19. The molecular weight excluding hydrogens is 394 g/mol. The van der Waals surface area contributed by atoms with Gasteiger partial charge < -0.3 is 24.1 Å². The lowest BCUT2D eigenvalue weighted by Crippen LogP contribution is -2.12. The van der Waals surface area contributed by atoms with Gasteiger partial charge in [-0.3, -0.25) is 4.79 Å². The maximum atomic E-state index is 12.6. The normalized spacial score (nSPS) is 13.4. The molecule has 0 spiro atoms. The first-order valence-electron chi connectivity index (χ1n) is 10.7. The highest BCUT2D eigenvalue weighted by atomic mass is 16.5. The molecule has 31 heavy (non-hydrogen) atoms. The monoisotopic (exact) mass is 423 g/mol. The van der Waals surface area contributed by atoms with Crippen LogP contribution < -0.4 is 19.5 Å². The standard InChI is InChI=1S/C24H29N3O4/c1-29-20-13-16(14-21(30-2)24(20)31-3)8-11-23(28)25-17-9-10-19-18(15-17)26-22-7-5-4-6-12-27(19)22/h9-10,13-15H,4-8,11-12H2,1-3H3,(H,25,28). The number of rotatable bonds is 7. The minimum Gasteiger partial charge on any atom is -0.493 e. The Labute approximate surface area is 182 Å². The predicted octanol–water partition coefficient (Wildman–Crippen LogP) is 4.36. The summed E-state index contributed by atoms with van der Waals surface area (Å²) in [6.07, 6.45) is 5.56. The van der Waals surface area contributed by atoms with Gasteiger partial charge in [0.15, 0.2) is 11.5 Å². The Hall–Kier alpha value is -3.22. The Balaban J connectivity index is 1.44. The Kier molecular flexibility index (Phi) is 6.30. The number of hydrogen-bond donors (Lipinski definition) is 1. The van der Waals surface area contributed by atoms with E-state index in [0.717, 1.165) is 41.1 Å². The van der Waals surface area contributed by atoms with E-state index in [1.54, 1.807) is 21.3 Å². The third kappa shape index (κ3) is 4.45. The van der Waals surface area contributed by atoms with Gasteiger partial charge in [0.25, 0.3) is 0 Å². The lowest BCUT2D eigenvalue weighted by Gasteiger charge is -2.14. The van der Waals surface area contributed by atoms with Crippen molar-refractivity contribution in [2.45, 2.75) is 45.1 Å². The van der Waals surface area contributed by atoms with Crippen molar-refractivity contribution >= 4 is 22.6 Å². The van der Waals surface area contributed by atoms with E-state index in [1.165, 1.54) is 19.3 Å². The number of anilines is 1. The Morgan fingerprint density at radius 1 is 1.03 bits per heavy atom. The Morgan fingerprint density at radius 2 is 1.81 bits per heavy atom. The van der Waals surface area contributed by atoms with E-state index in [1.807, 2.05) is 24.3 Å². The molecule has 3 aromatic rings. The lowest BCUT2D eigenvalue weighted by atomic mass is 10.1. The molecule has 0 saturated heterocycles. The first kappa shape index (κ1) is 21.0. The van der Waals surface area contributed by atoms with Gasteiger partial charge in [0.1, 0.15) is 5.82 Å². The van der Waals surface area contributed by atoms with Crippen LogP contribution in [0.25, 0.3) is 11.0 Å². The average Bonchev–Trinajstić information content (AvgIpc) is 2.96. The molecule has 2 aromatic carbocycles. The number of aromatic nitrogens is 2. The Morgan fingerprint density at radius 3 is 2.52 bits per heavy atom. The minimum absolute atomic E-state index is 0.0473. The molecule has 0 saturated carbocycles. The van der Waals surface area contributed by atoms with Gasteiger partial charge in [-0.1, -0.05) is 6.42 Å². The van der Waals surface area contributed by atoms with E-state index in [2.05, 4.69) is 16.0 Å². The second-order valence-corrected chi connectivity index (χ2v) is 7.78. The highest BCUT2D eigenvalue weighted by Crippen LogP contribution is 2.38. The van der Waals surface area contributed by atoms with Crippen LogP contribution in [0.2, 0.25) is 0 Å². The molecule has 4 rings (SSSR count). The van der Waals surface area contributed by atoms with Crippen molar-refractivity contribution < 1.29 is 19.0 Å². The number of carbonyl (C=O) groups excluding carboxylic acids is 1. The molecule has 7 nitrogen and oxygen atoms in total. The van der Waals surface area contributed by atoms with E-state index in [0.29, 0.717) is 30.1 Å². The first-order valence-corrected chi connectivity index (χ1v) is 10.7. The van der Waals surface area contributed by atoms with E-state index in [-0.39, 0.29) is 5.91 Å². The molecule has 0 aliphatic carbocycles. The summed E-state index contributed by atoms with van der Waals surface area (Å²) in [5, 5.41) is 3.00. The summed E-state index contributed by atoms with van der Waals surface area (Å²) in [5.41, 5.74) is 3.81. The number of fused-ring (bicyclic) bond motifs is 3. The molecule has 0 fully saturated rings. The molecular formula is C24H29N3O4. The average molecular weight is 424 g/mol. The topological polar surface area (TPSA) is 74.6 Å². The largest absolute Gasteiger partial charge is 0.493 e. The molecule has 1 aromatic heterocycles. The van der Waals surface area contributed by atoms with Crippen molar-refractivity contribution in [1.29, 1.82) is 0 Å². The van der Waals surface area contributed by atoms with E-state index in [9.17, 15) is 4.79 Å². The fourth-order valence-electron chi connectivity index (χ4n) is 4.19. The van der Waals surface area contributed by atoms with E-state index in [4.69, 9.17) is 19.2 Å². The molecule has 1 aliphatic rings. The summed E-state index contributed by atoms with van der Waals surface area (Å²) in [4.78, 5) is 17.4. The van der Waals surface area contributed by atoms with Crippen LogP contribution in [-0.2, 0) is 24.2 Å². The number of ether oxygens (including phenoxy) is 3. The van der Waals surface area contributed by atoms with Gasteiger partial charge in [0, 0.05) is 25.1 Å². The van der Waals surface area contributed by atoms with Gasteiger partial charge in [0.2, 0.25) is 11.7 Å². The van der Waals surface area contributed by atoms with Gasteiger partial charge >= 0.3 is 0 Å². The Bertz CT molecular complexity index is 1060. The molecule has 1 N–H and O–H groups in total. The minimum atomic E-state index is -0.0473. The number of methoxy groups -OCH3 is 3. The number of imidazole rings is 1. The molecule has 7 heteroatoms. The van der Waals surface area contributed by atoms with Crippen molar-refractivity contribution in [2.75, 3.05) is 26.6 Å². The van der Waals surface area contributed by atoms with Crippen molar-refractivity contribution in [3.8, 4) is 17.2 Å². The van der Waals surface area contributed by atoms with E-state index >= 15 is 0 Å². The number of carbonyl (C=O) groups is 1. The maximum Gasteiger partial charge on any atom is 0.224 e. The van der Waals surface area contributed by atoms with Gasteiger partial charge in [-0.05, 0) is 55.2 Å². The smallest absolute Gasteiger partial charge is 0.224 e. The molecule has 1 amide bonds.